The molecule has 7 nitrogen and oxygen atoms in total. The summed E-state index contributed by atoms with van der Waals surface area (Å²) in [7, 11) is 0. The van der Waals surface area contributed by atoms with Gasteiger partial charge in [0.1, 0.15) is 11.5 Å². The lowest BCUT2D eigenvalue weighted by atomic mass is 10.0. The zero-order chi connectivity index (χ0) is 24.8. The highest BCUT2D eigenvalue weighted by molar-refractivity contribution is 5.97. The number of fused-ring (bicyclic) bond motifs is 2. The zero-order valence-electron chi connectivity index (χ0n) is 20.1. The smallest absolute Gasteiger partial charge is 0.178 e. The van der Waals surface area contributed by atoms with E-state index in [1.165, 1.54) is 24.5 Å². The maximum absolute atomic E-state index is 14.6. The summed E-state index contributed by atoms with van der Waals surface area (Å²) in [6, 6.07) is 17.0. The van der Waals surface area contributed by atoms with Gasteiger partial charge in [-0.05, 0) is 67.4 Å². The standard InChI is InChI=1S/C29H24FN7/c30-24-6-2-1-5-21(24)22-9-10-32-28-26(22)33-29(34-28)27-23-14-19(7-8-25(23)35-36-27)20-13-18(15-31-16-20)17-37-11-3-4-12-37/h1-2,5-10,13-16H,3-4,11-12,17H2,(H,35,36)(H,32,33,34). The maximum atomic E-state index is 14.6. The Labute approximate surface area is 212 Å². The van der Waals surface area contributed by atoms with E-state index in [1.54, 1.807) is 24.4 Å². The molecule has 1 aliphatic rings. The summed E-state index contributed by atoms with van der Waals surface area (Å²) in [6.07, 6.45) is 8.05. The van der Waals surface area contributed by atoms with Crippen LogP contribution >= 0.6 is 0 Å². The number of rotatable bonds is 5. The summed E-state index contributed by atoms with van der Waals surface area (Å²) in [4.78, 5) is 19.5. The normalized spacial score (nSPS) is 14.2. The molecule has 5 heterocycles. The lowest BCUT2D eigenvalue weighted by Gasteiger charge is -2.14. The number of likely N-dealkylation sites (tertiary alicyclic amines) is 1. The van der Waals surface area contributed by atoms with E-state index in [2.05, 4.69) is 48.2 Å². The van der Waals surface area contributed by atoms with Crippen LogP contribution in [0, 0.1) is 5.82 Å². The molecule has 0 spiro atoms. The lowest BCUT2D eigenvalue weighted by Crippen LogP contribution is -2.18. The molecular formula is C29H24FN7. The van der Waals surface area contributed by atoms with Gasteiger partial charge in [0.25, 0.3) is 0 Å². The van der Waals surface area contributed by atoms with E-state index in [0.717, 1.165) is 41.7 Å². The fourth-order valence-electron chi connectivity index (χ4n) is 5.23. The number of hydrogen-bond donors (Lipinski definition) is 2. The van der Waals surface area contributed by atoms with Crippen LogP contribution in [0.25, 0.3) is 55.8 Å². The van der Waals surface area contributed by atoms with Crippen molar-refractivity contribution in [2.45, 2.75) is 19.4 Å². The van der Waals surface area contributed by atoms with Crippen molar-refractivity contribution in [1.82, 2.24) is 35.0 Å². The first kappa shape index (κ1) is 21.8. The Kier molecular flexibility index (Phi) is 5.25. The Morgan fingerprint density at radius 1 is 0.919 bits per heavy atom. The zero-order valence-corrected chi connectivity index (χ0v) is 20.1. The molecule has 1 fully saturated rings. The Balaban J connectivity index is 1.29. The number of imidazole rings is 1. The number of halogens is 1. The second-order valence-electron chi connectivity index (χ2n) is 9.52. The average molecular weight is 490 g/mol. The highest BCUT2D eigenvalue weighted by Crippen LogP contribution is 2.33. The molecule has 0 aliphatic carbocycles. The van der Waals surface area contributed by atoms with E-state index in [-0.39, 0.29) is 5.82 Å². The molecule has 0 amide bonds. The molecule has 1 saturated heterocycles. The minimum Gasteiger partial charge on any atom is -0.335 e. The highest BCUT2D eigenvalue weighted by Gasteiger charge is 2.18. The molecular weight excluding hydrogens is 465 g/mol. The first-order valence-electron chi connectivity index (χ1n) is 12.5. The summed E-state index contributed by atoms with van der Waals surface area (Å²) in [5.41, 5.74) is 7.35. The Bertz CT molecular complexity index is 1750. The molecule has 0 radical (unpaired) electrons. The van der Waals surface area contributed by atoms with Crippen LogP contribution in [0.4, 0.5) is 4.39 Å². The molecule has 6 aromatic rings. The number of benzene rings is 2. The monoisotopic (exact) mass is 489 g/mol. The van der Waals surface area contributed by atoms with Gasteiger partial charge in [0.2, 0.25) is 0 Å². The van der Waals surface area contributed by atoms with Gasteiger partial charge in [-0.1, -0.05) is 24.3 Å². The van der Waals surface area contributed by atoms with E-state index in [0.29, 0.717) is 33.8 Å². The van der Waals surface area contributed by atoms with Crippen molar-refractivity contribution in [1.29, 1.82) is 0 Å². The van der Waals surface area contributed by atoms with Crippen molar-refractivity contribution in [2.75, 3.05) is 13.1 Å². The molecule has 0 atom stereocenters. The predicted octanol–water partition coefficient (Wildman–Crippen LogP) is 5.97. The van der Waals surface area contributed by atoms with Gasteiger partial charge in [-0.15, -0.1) is 0 Å². The number of nitrogens with one attached hydrogen (secondary N) is 2. The van der Waals surface area contributed by atoms with Crippen molar-refractivity contribution in [3.63, 3.8) is 0 Å². The third-order valence-electron chi connectivity index (χ3n) is 7.08. The highest BCUT2D eigenvalue weighted by atomic mass is 19.1. The Morgan fingerprint density at radius 2 is 1.81 bits per heavy atom. The third-order valence-corrected chi connectivity index (χ3v) is 7.08. The van der Waals surface area contributed by atoms with Crippen LogP contribution in [-0.2, 0) is 6.54 Å². The first-order valence-corrected chi connectivity index (χ1v) is 12.5. The van der Waals surface area contributed by atoms with Gasteiger partial charge in [-0.3, -0.25) is 15.0 Å². The van der Waals surface area contributed by atoms with Crippen LogP contribution in [0.3, 0.4) is 0 Å². The lowest BCUT2D eigenvalue weighted by molar-refractivity contribution is 0.331. The van der Waals surface area contributed by atoms with E-state index in [4.69, 9.17) is 4.98 Å². The van der Waals surface area contributed by atoms with Gasteiger partial charge in [-0.2, -0.15) is 5.10 Å². The summed E-state index contributed by atoms with van der Waals surface area (Å²) in [5, 5.41) is 8.61. The van der Waals surface area contributed by atoms with E-state index in [9.17, 15) is 4.39 Å². The SMILES string of the molecule is Fc1ccccc1-c1ccnc2nc(-c3n[nH]c4ccc(-c5cncc(CN6CCCC6)c5)cc34)[nH]c12. The molecule has 2 aromatic carbocycles. The molecule has 4 aromatic heterocycles. The van der Waals surface area contributed by atoms with Crippen molar-refractivity contribution >= 4 is 22.1 Å². The number of aromatic nitrogens is 6. The molecule has 7 rings (SSSR count). The summed E-state index contributed by atoms with van der Waals surface area (Å²) < 4.78 is 14.6. The van der Waals surface area contributed by atoms with Crippen molar-refractivity contribution in [3.05, 3.63) is 84.6 Å². The molecule has 37 heavy (non-hydrogen) atoms. The number of aromatic amines is 2. The van der Waals surface area contributed by atoms with Crippen LogP contribution in [0.1, 0.15) is 18.4 Å². The molecule has 1 aliphatic heterocycles. The maximum Gasteiger partial charge on any atom is 0.178 e. The molecule has 0 saturated carbocycles. The number of pyridine rings is 2. The minimum absolute atomic E-state index is 0.290. The first-order chi connectivity index (χ1) is 18.2. The number of hydrogen-bond acceptors (Lipinski definition) is 5. The summed E-state index contributed by atoms with van der Waals surface area (Å²) in [6.45, 7) is 3.23. The summed E-state index contributed by atoms with van der Waals surface area (Å²) >= 11 is 0. The van der Waals surface area contributed by atoms with Crippen molar-refractivity contribution < 1.29 is 4.39 Å². The molecule has 8 heteroatoms. The van der Waals surface area contributed by atoms with Crippen LogP contribution in [-0.4, -0.2) is 48.1 Å². The number of H-pyrrole nitrogens is 2. The predicted molar refractivity (Wildman–Crippen MR) is 142 cm³/mol. The largest absolute Gasteiger partial charge is 0.335 e. The fraction of sp³-hybridized carbons (Fsp3) is 0.172. The second-order valence-corrected chi connectivity index (χ2v) is 9.52. The fourth-order valence-corrected chi connectivity index (χ4v) is 5.23. The Hall–Kier alpha value is -4.43. The van der Waals surface area contributed by atoms with Crippen LogP contribution in [0.2, 0.25) is 0 Å². The molecule has 0 unspecified atom stereocenters. The Morgan fingerprint density at radius 3 is 2.70 bits per heavy atom. The van der Waals surface area contributed by atoms with E-state index >= 15 is 0 Å². The number of nitrogens with zero attached hydrogens (tertiary/aromatic N) is 5. The third kappa shape index (κ3) is 3.95. The van der Waals surface area contributed by atoms with Crippen LogP contribution in [0.15, 0.2) is 73.2 Å². The van der Waals surface area contributed by atoms with Gasteiger partial charge in [-0.25, -0.2) is 14.4 Å². The average Bonchev–Trinajstić information content (AvgIpc) is 3.68. The van der Waals surface area contributed by atoms with E-state index in [1.807, 2.05) is 24.5 Å². The van der Waals surface area contributed by atoms with Crippen LogP contribution < -0.4 is 0 Å². The molecule has 0 bridgehead atoms. The minimum atomic E-state index is -0.290. The van der Waals surface area contributed by atoms with Gasteiger partial charge >= 0.3 is 0 Å². The van der Waals surface area contributed by atoms with E-state index < -0.39 is 0 Å². The van der Waals surface area contributed by atoms with Gasteiger partial charge in [0.05, 0.1) is 11.0 Å². The van der Waals surface area contributed by atoms with Crippen molar-refractivity contribution in [2.24, 2.45) is 0 Å². The van der Waals surface area contributed by atoms with Gasteiger partial charge in [0, 0.05) is 47.2 Å². The van der Waals surface area contributed by atoms with Crippen LogP contribution in [0.5, 0.6) is 0 Å². The molecule has 2 N–H and O–H groups in total. The topological polar surface area (TPSA) is 86.4 Å². The summed E-state index contributed by atoms with van der Waals surface area (Å²) in [5.74, 6) is 0.289. The van der Waals surface area contributed by atoms with Crippen molar-refractivity contribution in [3.8, 4) is 33.8 Å². The second kappa shape index (κ2) is 8.90. The van der Waals surface area contributed by atoms with Gasteiger partial charge < -0.3 is 4.98 Å². The van der Waals surface area contributed by atoms with Gasteiger partial charge in [0.15, 0.2) is 11.5 Å². The quantitative estimate of drug-likeness (QED) is 0.312. The molecule has 182 valence electrons.